The molecule has 0 radical (unpaired) electrons. The van der Waals surface area contributed by atoms with Gasteiger partial charge in [-0.3, -0.25) is 4.90 Å². The Bertz CT molecular complexity index is 363. The highest BCUT2D eigenvalue weighted by atomic mass is 16.6. The van der Waals surface area contributed by atoms with E-state index < -0.39 is 5.60 Å². The normalized spacial score (nSPS) is 23.6. The van der Waals surface area contributed by atoms with Gasteiger partial charge in [-0.15, -0.1) is 0 Å². The number of carbonyl (C=O) groups excluding carboxylic acids is 1. The van der Waals surface area contributed by atoms with Gasteiger partial charge in [0, 0.05) is 31.7 Å². The summed E-state index contributed by atoms with van der Waals surface area (Å²) in [6.07, 6.45) is 2.07. The van der Waals surface area contributed by atoms with E-state index in [1.165, 1.54) is 13.1 Å². The van der Waals surface area contributed by atoms with Gasteiger partial charge < -0.3 is 9.64 Å². The standard InChI is InChI=1S/C16H30N2O2/c1-14(2,3)18-11-16(12-18)7-9-17(10-8-16)13(19)20-15(4,5)6/h7-12H2,1-6H3. The minimum Gasteiger partial charge on any atom is -0.444 e. The second-order valence-corrected chi connectivity index (χ2v) is 8.49. The Balaban J connectivity index is 1.81. The predicted molar refractivity (Wildman–Crippen MR) is 80.8 cm³/mol. The van der Waals surface area contributed by atoms with Crippen molar-refractivity contribution in [3.8, 4) is 0 Å². The molecule has 0 saturated carbocycles. The molecule has 0 N–H and O–H groups in total. The Hall–Kier alpha value is -0.770. The molecule has 2 heterocycles. The predicted octanol–water partition coefficient (Wildman–Crippen LogP) is 3.12. The summed E-state index contributed by atoms with van der Waals surface area (Å²) < 4.78 is 5.45. The van der Waals surface area contributed by atoms with Crippen molar-refractivity contribution in [2.45, 2.75) is 65.5 Å². The maximum Gasteiger partial charge on any atom is 0.410 e. The summed E-state index contributed by atoms with van der Waals surface area (Å²) in [4.78, 5) is 16.5. The third-order valence-corrected chi connectivity index (χ3v) is 4.48. The second kappa shape index (κ2) is 4.90. The van der Waals surface area contributed by atoms with Gasteiger partial charge in [0.05, 0.1) is 0 Å². The van der Waals surface area contributed by atoms with Crippen molar-refractivity contribution < 1.29 is 9.53 Å². The average molecular weight is 282 g/mol. The molecular formula is C16H30N2O2. The van der Waals surface area contributed by atoms with Gasteiger partial charge in [-0.1, -0.05) is 0 Å². The van der Waals surface area contributed by atoms with Crippen LogP contribution < -0.4 is 0 Å². The Kier molecular flexibility index (Phi) is 3.83. The summed E-state index contributed by atoms with van der Waals surface area (Å²) in [5.74, 6) is 0. The van der Waals surface area contributed by atoms with Gasteiger partial charge >= 0.3 is 6.09 Å². The van der Waals surface area contributed by atoms with Gasteiger partial charge in [0.15, 0.2) is 0 Å². The molecule has 0 aromatic heterocycles. The summed E-state index contributed by atoms with van der Waals surface area (Å²) >= 11 is 0. The van der Waals surface area contributed by atoms with E-state index in [0.29, 0.717) is 5.41 Å². The number of nitrogens with zero attached hydrogens (tertiary/aromatic N) is 2. The van der Waals surface area contributed by atoms with Crippen LogP contribution in [-0.2, 0) is 4.74 Å². The van der Waals surface area contributed by atoms with E-state index in [2.05, 4.69) is 25.7 Å². The number of piperidine rings is 1. The van der Waals surface area contributed by atoms with Gasteiger partial charge in [0.25, 0.3) is 0 Å². The zero-order valence-electron chi connectivity index (χ0n) is 14.0. The van der Waals surface area contributed by atoms with Crippen LogP contribution in [-0.4, -0.2) is 53.2 Å². The SMILES string of the molecule is CC(C)(C)OC(=O)N1CCC2(CC1)CN(C(C)(C)C)C2. The molecule has 0 bridgehead atoms. The van der Waals surface area contributed by atoms with Crippen molar-refractivity contribution in [1.82, 2.24) is 9.80 Å². The highest BCUT2D eigenvalue weighted by Gasteiger charge is 2.48. The quantitative estimate of drug-likeness (QED) is 0.684. The summed E-state index contributed by atoms with van der Waals surface area (Å²) in [7, 11) is 0. The van der Waals surface area contributed by atoms with Crippen molar-refractivity contribution in [3.05, 3.63) is 0 Å². The molecule has 0 atom stereocenters. The van der Waals surface area contributed by atoms with Crippen molar-refractivity contribution in [3.63, 3.8) is 0 Å². The molecule has 4 nitrogen and oxygen atoms in total. The monoisotopic (exact) mass is 282 g/mol. The molecule has 2 rings (SSSR count). The number of hydrogen-bond donors (Lipinski definition) is 0. The van der Waals surface area contributed by atoms with Crippen molar-refractivity contribution in [2.75, 3.05) is 26.2 Å². The van der Waals surface area contributed by atoms with Gasteiger partial charge in [-0.25, -0.2) is 4.79 Å². The first-order valence-corrected chi connectivity index (χ1v) is 7.74. The topological polar surface area (TPSA) is 32.8 Å². The van der Waals surface area contributed by atoms with Crippen LogP contribution in [0.25, 0.3) is 0 Å². The molecule has 1 spiro atoms. The first kappa shape index (κ1) is 15.6. The van der Waals surface area contributed by atoms with E-state index in [1.54, 1.807) is 0 Å². The van der Waals surface area contributed by atoms with Crippen molar-refractivity contribution in [1.29, 1.82) is 0 Å². The summed E-state index contributed by atoms with van der Waals surface area (Å²) in [5.41, 5.74) is 0.324. The lowest BCUT2D eigenvalue weighted by molar-refractivity contribution is -0.0903. The fourth-order valence-corrected chi connectivity index (χ4v) is 3.04. The van der Waals surface area contributed by atoms with Gasteiger partial charge in [-0.2, -0.15) is 0 Å². The van der Waals surface area contributed by atoms with Crippen LogP contribution in [0.4, 0.5) is 4.79 Å². The first-order chi connectivity index (χ1) is 9.01. The summed E-state index contributed by atoms with van der Waals surface area (Å²) in [5, 5.41) is 0. The fraction of sp³-hybridized carbons (Fsp3) is 0.938. The van der Waals surface area contributed by atoms with Crippen molar-refractivity contribution in [2.24, 2.45) is 5.41 Å². The number of likely N-dealkylation sites (tertiary alicyclic amines) is 2. The molecule has 2 aliphatic heterocycles. The fourth-order valence-electron chi connectivity index (χ4n) is 3.04. The van der Waals surface area contributed by atoms with Crippen LogP contribution in [0.1, 0.15) is 54.4 Å². The van der Waals surface area contributed by atoms with E-state index in [1.807, 2.05) is 25.7 Å². The maximum absolute atomic E-state index is 12.0. The first-order valence-electron chi connectivity index (χ1n) is 7.74. The Morgan fingerprint density at radius 3 is 1.90 bits per heavy atom. The summed E-state index contributed by atoms with van der Waals surface area (Å²) in [6.45, 7) is 16.6. The molecule has 2 saturated heterocycles. The lowest BCUT2D eigenvalue weighted by Crippen LogP contribution is -2.65. The van der Waals surface area contributed by atoms with E-state index >= 15 is 0 Å². The zero-order valence-corrected chi connectivity index (χ0v) is 14.0. The second-order valence-electron chi connectivity index (χ2n) is 8.49. The third kappa shape index (κ3) is 3.46. The van der Waals surface area contributed by atoms with Crippen LogP contribution in [0.5, 0.6) is 0 Å². The van der Waals surface area contributed by atoms with Crippen LogP contribution in [0.2, 0.25) is 0 Å². The Labute approximate surface area is 123 Å². The molecule has 2 aliphatic rings. The van der Waals surface area contributed by atoms with E-state index in [0.717, 1.165) is 25.9 Å². The number of carbonyl (C=O) groups is 1. The van der Waals surface area contributed by atoms with E-state index in [9.17, 15) is 4.79 Å². The molecule has 116 valence electrons. The number of ether oxygens (including phenoxy) is 1. The van der Waals surface area contributed by atoms with Crippen LogP contribution in [0.15, 0.2) is 0 Å². The molecule has 1 amide bonds. The molecule has 0 aliphatic carbocycles. The van der Waals surface area contributed by atoms with Crippen LogP contribution in [0.3, 0.4) is 0 Å². The highest BCUT2D eigenvalue weighted by molar-refractivity contribution is 5.68. The van der Waals surface area contributed by atoms with Gasteiger partial charge in [0.1, 0.15) is 5.60 Å². The largest absolute Gasteiger partial charge is 0.444 e. The Morgan fingerprint density at radius 1 is 1.00 bits per heavy atom. The highest BCUT2D eigenvalue weighted by Crippen LogP contribution is 2.43. The molecule has 4 heteroatoms. The number of hydrogen-bond acceptors (Lipinski definition) is 3. The number of amides is 1. The van der Waals surface area contributed by atoms with Crippen LogP contribution >= 0.6 is 0 Å². The van der Waals surface area contributed by atoms with Crippen molar-refractivity contribution >= 4 is 6.09 Å². The smallest absolute Gasteiger partial charge is 0.410 e. The molecular weight excluding hydrogens is 252 g/mol. The molecule has 20 heavy (non-hydrogen) atoms. The van der Waals surface area contributed by atoms with Crippen LogP contribution in [0, 0.1) is 5.41 Å². The molecule has 0 aromatic rings. The molecule has 0 aromatic carbocycles. The summed E-state index contributed by atoms with van der Waals surface area (Å²) in [6, 6.07) is 0. The van der Waals surface area contributed by atoms with Gasteiger partial charge in [-0.05, 0) is 59.8 Å². The molecule has 0 unspecified atom stereocenters. The van der Waals surface area contributed by atoms with E-state index in [4.69, 9.17) is 4.74 Å². The Morgan fingerprint density at radius 2 is 1.50 bits per heavy atom. The minimum atomic E-state index is -0.397. The van der Waals surface area contributed by atoms with E-state index in [-0.39, 0.29) is 11.6 Å². The zero-order chi connectivity index (χ0) is 15.2. The lowest BCUT2D eigenvalue weighted by Gasteiger charge is -2.58. The lowest BCUT2D eigenvalue weighted by atomic mass is 9.70. The maximum atomic E-state index is 12.0. The third-order valence-electron chi connectivity index (χ3n) is 4.48. The van der Waals surface area contributed by atoms with Gasteiger partial charge in [0.2, 0.25) is 0 Å². The number of rotatable bonds is 0. The molecule has 2 fully saturated rings. The minimum absolute atomic E-state index is 0.153. The average Bonchev–Trinajstić information content (AvgIpc) is 2.22.